The molecule has 37 heavy (non-hydrogen) atoms. The van der Waals surface area contributed by atoms with Crippen molar-refractivity contribution in [3.05, 3.63) is 128 Å². The van der Waals surface area contributed by atoms with Gasteiger partial charge >= 0.3 is 0 Å². The lowest BCUT2D eigenvalue weighted by molar-refractivity contribution is 1.19. The number of pyridine rings is 1. The molecule has 0 saturated heterocycles. The number of benzene rings is 4. The van der Waals surface area contributed by atoms with Gasteiger partial charge in [0, 0.05) is 49.3 Å². The Morgan fingerprint density at radius 1 is 0.514 bits per heavy atom. The first kappa shape index (κ1) is 21.6. The number of aromatic nitrogens is 3. The van der Waals surface area contributed by atoms with Gasteiger partial charge in [0.25, 0.3) is 0 Å². The van der Waals surface area contributed by atoms with E-state index < -0.39 is 0 Å². The third-order valence-corrected chi connectivity index (χ3v) is 7.83. The largest absolute Gasteiger partial charge is 0.264 e. The van der Waals surface area contributed by atoms with Crippen LogP contribution in [0.4, 0.5) is 0 Å². The summed E-state index contributed by atoms with van der Waals surface area (Å²) in [5.74, 6) is 0.715. The Morgan fingerprint density at radius 2 is 1.24 bits per heavy atom. The molecule has 7 aromatic rings. The second-order valence-corrected chi connectivity index (χ2v) is 9.98. The molecule has 0 aliphatic rings. The van der Waals surface area contributed by atoms with Crippen molar-refractivity contribution in [2.45, 2.75) is 0 Å². The van der Waals surface area contributed by atoms with Crippen LogP contribution in [0.1, 0.15) is 0 Å². The van der Waals surface area contributed by atoms with Crippen LogP contribution in [0, 0.1) is 0 Å². The van der Waals surface area contributed by atoms with Gasteiger partial charge in [0.1, 0.15) is 0 Å². The van der Waals surface area contributed by atoms with Crippen LogP contribution in [0.2, 0.25) is 0 Å². The molecule has 4 aromatic carbocycles. The van der Waals surface area contributed by atoms with Crippen molar-refractivity contribution in [1.82, 2.24) is 15.0 Å². The Morgan fingerprint density at radius 3 is 2.08 bits per heavy atom. The fourth-order valence-electron chi connectivity index (χ4n) is 4.77. The van der Waals surface area contributed by atoms with E-state index in [9.17, 15) is 0 Å². The van der Waals surface area contributed by atoms with Gasteiger partial charge in [-0.1, -0.05) is 97.1 Å². The topological polar surface area (TPSA) is 38.7 Å². The molecule has 0 bridgehead atoms. The van der Waals surface area contributed by atoms with Gasteiger partial charge < -0.3 is 0 Å². The van der Waals surface area contributed by atoms with Crippen LogP contribution in [0.3, 0.4) is 0 Å². The van der Waals surface area contributed by atoms with Crippen molar-refractivity contribution in [3.63, 3.8) is 0 Å². The van der Waals surface area contributed by atoms with Gasteiger partial charge in [-0.25, -0.2) is 9.97 Å². The summed E-state index contributed by atoms with van der Waals surface area (Å²) in [5, 5.41) is 2.55. The highest BCUT2D eigenvalue weighted by molar-refractivity contribution is 7.26. The summed E-state index contributed by atoms with van der Waals surface area (Å²) >= 11 is 1.82. The van der Waals surface area contributed by atoms with Gasteiger partial charge in [0.15, 0.2) is 5.82 Å². The zero-order valence-electron chi connectivity index (χ0n) is 19.9. The maximum Gasteiger partial charge on any atom is 0.160 e. The number of rotatable bonds is 4. The monoisotopic (exact) mass is 491 g/mol. The van der Waals surface area contributed by atoms with Crippen LogP contribution in [0.25, 0.3) is 65.2 Å². The van der Waals surface area contributed by atoms with Crippen molar-refractivity contribution in [2.24, 2.45) is 0 Å². The molecule has 0 aliphatic carbocycles. The predicted octanol–water partition coefficient (Wildman–Crippen LogP) is 8.91. The van der Waals surface area contributed by atoms with Crippen LogP contribution in [-0.2, 0) is 0 Å². The lowest BCUT2D eigenvalue weighted by Gasteiger charge is -2.10. The minimum atomic E-state index is 0.715. The quantitative estimate of drug-likeness (QED) is 0.247. The van der Waals surface area contributed by atoms with E-state index in [2.05, 4.69) is 96.0 Å². The highest BCUT2D eigenvalue weighted by Gasteiger charge is 2.15. The lowest BCUT2D eigenvalue weighted by Crippen LogP contribution is -1.96. The van der Waals surface area contributed by atoms with Gasteiger partial charge in [-0.2, -0.15) is 0 Å². The zero-order chi connectivity index (χ0) is 24.6. The molecule has 3 nitrogen and oxygen atoms in total. The fourth-order valence-corrected chi connectivity index (χ4v) is 5.99. The number of fused-ring (bicyclic) bond motifs is 3. The predicted molar refractivity (Wildman–Crippen MR) is 154 cm³/mol. The number of thiophene rings is 1. The molecule has 7 rings (SSSR count). The van der Waals surface area contributed by atoms with E-state index in [0.29, 0.717) is 5.82 Å². The molecule has 0 radical (unpaired) electrons. The standard InChI is InChI=1S/C33H21N3S/c1-2-8-23(9-3-1)29-20-30(28-13-6-12-27-26-11-4-5-14-31(26)37-32(27)28)36-33(35-29)24-17-15-22(16-18-24)25-10-7-19-34-21-25/h1-21H. The maximum atomic E-state index is 5.11. The molecule has 174 valence electrons. The number of hydrogen-bond donors (Lipinski definition) is 0. The minimum Gasteiger partial charge on any atom is -0.264 e. The zero-order valence-corrected chi connectivity index (χ0v) is 20.7. The Bertz CT molecular complexity index is 1860. The van der Waals surface area contributed by atoms with Crippen molar-refractivity contribution < 1.29 is 0 Å². The SMILES string of the molecule is c1ccc(-c2cc(-c3cccc4c3sc3ccccc34)nc(-c3ccc(-c4cccnc4)cc3)n2)cc1. The molecule has 0 spiro atoms. The van der Waals surface area contributed by atoms with Crippen LogP contribution in [0.5, 0.6) is 0 Å². The summed E-state index contributed by atoms with van der Waals surface area (Å²) in [6.07, 6.45) is 3.67. The van der Waals surface area contributed by atoms with Crippen LogP contribution >= 0.6 is 11.3 Å². The molecular formula is C33H21N3S. The van der Waals surface area contributed by atoms with E-state index in [4.69, 9.17) is 9.97 Å². The van der Waals surface area contributed by atoms with E-state index in [1.54, 1.807) is 6.20 Å². The molecule has 0 aliphatic heterocycles. The molecule has 0 N–H and O–H groups in total. The Hall–Kier alpha value is -4.67. The molecule has 0 saturated carbocycles. The Balaban J connectivity index is 1.41. The smallest absolute Gasteiger partial charge is 0.160 e. The summed E-state index contributed by atoms with van der Waals surface area (Å²) in [4.78, 5) is 14.4. The van der Waals surface area contributed by atoms with Gasteiger partial charge in [-0.3, -0.25) is 4.98 Å². The second-order valence-electron chi connectivity index (χ2n) is 8.93. The third kappa shape index (κ3) is 3.98. The summed E-state index contributed by atoms with van der Waals surface area (Å²) in [5.41, 5.74) is 7.23. The molecule has 0 amide bonds. The molecule has 3 aromatic heterocycles. The molecule has 3 heterocycles. The van der Waals surface area contributed by atoms with Gasteiger partial charge in [0.05, 0.1) is 11.4 Å². The van der Waals surface area contributed by atoms with Crippen molar-refractivity contribution in [2.75, 3.05) is 0 Å². The highest BCUT2D eigenvalue weighted by atomic mass is 32.1. The van der Waals surface area contributed by atoms with E-state index >= 15 is 0 Å². The van der Waals surface area contributed by atoms with Crippen molar-refractivity contribution in [3.8, 4) is 45.0 Å². The van der Waals surface area contributed by atoms with E-state index in [0.717, 1.165) is 39.2 Å². The van der Waals surface area contributed by atoms with E-state index in [1.807, 2.05) is 41.8 Å². The summed E-state index contributed by atoms with van der Waals surface area (Å²) in [7, 11) is 0. The molecule has 4 heteroatoms. The Labute approximate surface area is 218 Å². The van der Waals surface area contributed by atoms with Gasteiger partial charge in [-0.15, -0.1) is 11.3 Å². The summed E-state index contributed by atoms with van der Waals surface area (Å²) < 4.78 is 2.53. The fraction of sp³-hybridized carbons (Fsp3) is 0. The van der Waals surface area contributed by atoms with E-state index in [-0.39, 0.29) is 0 Å². The average Bonchev–Trinajstić information content (AvgIpc) is 3.37. The molecule has 0 fully saturated rings. The second kappa shape index (κ2) is 9.08. The van der Waals surface area contributed by atoms with Crippen molar-refractivity contribution >= 4 is 31.5 Å². The van der Waals surface area contributed by atoms with Crippen molar-refractivity contribution in [1.29, 1.82) is 0 Å². The molecule has 0 unspecified atom stereocenters. The number of hydrogen-bond acceptors (Lipinski definition) is 4. The normalized spacial score (nSPS) is 11.2. The summed E-state index contributed by atoms with van der Waals surface area (Å²) in [6, 6.07) is 40.0. The minimum absolute atomic E-state index is 0.715. The highest BCUT2D eigenvalue weighted by Crippen LogP contribution is 2.40. The first-order chi connectivity index (χ1) is 18.3. The summed E-state index contributed by atoms with van der Waals surface area (Å²) in [6.45, 7) is 0. The third-order valence-electron chi connectivity index (χ3n) is 6.61. The average molecular weight is 492 g/mol. The van der Waals surface area contributed by atoms with Crippen LogP contribution in [-0.4, -0.2) is 15.0 Å². The van der Waals surface area contributed by atoms with E-state index in [1.165, 1.54) is 20.2 Å². The molecular weight excluding hydrogens is 470 g/mol. The van der Waals surface area contributed by atoms with Crippen LogP contribution < -0.4 is 0 Å². The first-order valence-electron chi connectivity index (χ1n) is 12.2. The first-order valence-corrected chi connectivity index (χ1v) is 13.0. The van der Waals surface area contributed by atoms with Gasteiger partial charge in [0.2, 0.25) is 0 Å². The number of nitrogens with zero attached hydrogens (tertiary/aromatic N) is 3. The lowest BCUT2D eigenvalue weighted by atomic mass is 10.0. The van der Waals surface area contributed by atoms with Crippen LogP contribution in [0.15, 0.2) is 128 Å². The Kier molecular flexibility index (Phi) is 5.30. The van der Waals surface area contributed by atoms with Gasteiger partial charge in [-0.05, 0) is 29.3 Å². The maximum absolute atomic E-state index is 5.11. The molecule has 0 atom stereocenters.